The molecule has 0 saturated carbocycles. The van der Waals surface area contributed by atoms with Crippen LogP contribution in [0.2, 0.25) is 0 Å². The third-order valence-electron chi connectivity index (χ3n) is 1.92. The molecule has 0 amide bonds. The molecule has 2 heterocycles. The number of hydrogen-bond acceptors (Lipinski definition) is 10. The number of anilines is 2. The molecule has 4 N–H and O–H groups in total. The fourth-order valence-corrected chi connectivity index (χ4v) is 1.20. The first-order valence-electron chi connectivity index (χ1n) is 6.18. The van der Waals surface area contributed by atoms with E-state index in [1.165, 1.54) is 0 Å². The first kappa shape index (κ1) is 20.2. The SMILES string of the molecule is O=[N+]([O-])[O-].O=[N+]([O-])[O-].c1cnc(NCCNc2nccc[nH+]2)[nH+]c1. The minimum atomic E-state index is -1.75. The van der Waals surface area contributed by atoms with Crippen molar-refractivity contribution in [2.24, 2.45) is 0 Å². The van der Waals surface area contributed by atoms with Gasteiger partial charge in [-0.2, -0.15) is 0 Å². The zero-order valence-corrected chi connectivity index (χ0v) is 12.1. The Labute approximate surface area is 134 Å². The van der Waals surface area contributed by atoms with Gasteiger partial charge < -0.3 is 30.6 Å². The summed E-state index contributed by atoms with van der Waals surface area (Å²) in [6.45, 7) is 1.52. The van der Waals surface area contributed by atoms with E-state index < -0.39 is 10.2 Å². The molecule has 2 rings (SSSR count). The van der Waals surface area contributed by atoms with E-state index in [4.69, 9.17) is 30.6 Å². The van der Waals surface area contributed by atoms with Crippen LogP contribution in [0.1, 0.15) is 0 Å². The summed E-state index contributed by atoms with van der Waals surface area (Å²) < 4.78 is 0. The van der Waals surface area contributed by atoms with Crippen LogP contribution >= 0.6 is 0 Å². The number of rotatable bonds is 5. The highest BCUT2D eigenvalue weighted by atomic mass is 16.9. The highest BCUT2D eigenvalue weighted by Gasteiger charge is 2.03. The quantitative estimate of drug-likeness (QED) is 0.390. The summed E-state index contributed by atoms with van der Waals surface area (Å²) in [6, 6.07) is 3.68. The van der Waals surface area contributed by atoms with Gasteiger partial charge in [0.2, 0.25) is 0 Å². The zero-order chi connectivity index (χ0) is 18.2. The highest BCUT2D eigenvalue weighted by molar-refractivity contribution is 5.18. The number of nitrogens with zero attached hydrogens (tertiary/aromatic N) is 4. The summed E-state index contributed by atoms with van der Waals surface area (Å²) in [5.74, 6) is 1.52. The van der Waals surface area contributed by atoms with Crippen molar-refractivity contribution in [1.82, 2.24) is 9.97 Å². The third kappa shape index (κ3) is 14.6. The second-order valence-electron chi connectivity index (χ2n) is 3.56. The molecular formula is C10H14N8O6. The predicted molar refractivity (Wildman–Crippen MR) is 79.3 cm³/mol. The number of nitrogens with one attached hydrogen (secondary N) is 4. The molecule has 14 heteroatoms. The lowest BCUT2D eigenvalue weighted by Crippen LogP contribution is -2.23. The number of aromatic amines is 2. The molecule has 0 aliphatic carbocycles. The Morgan fingerprint density at radius 2 is 1.17 bits per heavy atom. The average Bonchev–Trinajstić information content (AvgIpc) is 2.53. The molecule has 0 radical (unpaired) electrons. The van der Waals surface area contributed by atoms with Crippen LogP contribution in [0.5, 0.6) is 0 Å². The molecule has 0 aromatic carbocycles. The van der Waals surface area contributed by atoms with Crippen molar-refractivity contribution in [2.45, 2.75) is 0 Å². The first-order valence-corrected chi connectivity index (χ1v) is 6.18. The molecule has 2 aromatic rings. The maximum absolute atomic E-state index is 8.25. The molecule has 130 valence electrons. The Morgan fingerprint density at radius 1 is 0.833 bits per heavy atom. The van der Waals surface area contributed by atoms with Crippen molar-refractivity contribution in [2.75, 3.05) is 23.7 Å². The molecule has 0 aliphatic heterocycles. The normalized spacial score (nSPS) is 8.50. The summed E-state index contributed by atoms with van der Waals surface area (Å²) in [6.07, 6.45) is 7.13. The monoisotopic (exact) mass is 342 g/mol. The van der Waals surface area contributed by atoms with Crippen molar-refractivity contribution in [3.05, 3.63) is 67.6 Å². The molecule has 0 atom stereocenters. The lowest BCUT2D eigenvalue weighted by molar-refractivity contribution is -0.403. The van der Waals surface area contributed by atoms with Crippen LogP contribution in [-0.2, 0) is 0 Å². The Bertz CT molecular complexity index is 525. The van der Waals surface area contributed by atoms with E-state index in [1.54, 1.807) is 12.4 Å². The van der Waals surface area contributed by atoms with Gasteiger partial charge in [0.15, 0.2) is 0 Å². The van der Waals surface area contributed by atoms with Gasteiger partial charge in [-0.1, -0.05) is 9.97 Å². The summed E-state index contributed by atoms with van der Waals surface area (Å²) in [7, 11) is 0. The smallest absolute Gasteiger partial charge is 0.356 e. The van der Waals surface area contributed by atoms with E-state index >= 15 is 0 Å². The topological polar surface area (TPSA) is 211 Å². The molecule has 0 spiro atoms. The Kier molecular flexibility index (Phi) is 10.8. The Balaban J connectivity index is 0.000000558. The molecule has 0 unspecified atom stereocenters. The van der Waals surface area contributed by atoms with Crippen molar-refractivity contribution < 1.29 is 20.1 Å². The van der Waals surface area contributed by atoms with Gasteiger partial charge in [0.25, 0.3) is 0 Å². The van der Waals surface area contributed by atoms with Gasteiger partial charge in [-0.05, 0) is 0 Å². The van der Waals surface area contributed by atoms with Gasteiger partial charge in [0.05, 0.1) is 35.7 Å². The van der Waals surface area contributed by atoms with Crippen molar-refractivity contribution >= 4 is 11.9 Å². The van der Waals surface area contributed by atoms with Crippen LogP contribution in [0.15, 0.2) is 36.9 Å². The fraction of sp³-hybridized carbons (Fsp3) is 0.200. The molecule has 2 aromatic heterocycles. The largest absolute Gasteiger partial charge is 0.389 e. The number of hydrogen-bond donors (Lipinski definition) is 2. The van der Waals surface area contributed by atoms with Crippen LogP contribution in [0.4, 0.5) is 11.9 Å². The summed E-state index contributed by atoms with van der Waals surface area (Å²) in [4.78, 5) is 30.7. The molecule has 0 saturated heterocycles. The minimum Gasteiger partial charge on any atom is -0.356 e. The van der Waals surface area contributed by atoms with E-state index in [-0.39, 0.29) is 0 Å². The lowest BCUT2D eigenvalue weighted by atomic mass is 10.6. The van der Waals surface area contributed by atoms with Gasteiger partial charge in [-0.25, -0.2) is 9.97 Å². The summed E-state index contributed by atoms with van der Waals surface area (Å²) in [5, 5.41) is 35.8. The number of H-pyrrole nitrogens is 2. The van der Waals surface area contributed by atoms with E-state index in [0.29, 0.717) is 0 Å². The van der Waals surface area contributed by atoms with E-state index in [0.717, 1.165) is 25.0 Å². The molecule has 14 nitrogen and oxygen atoms in total. The van der Waals surface area contributed by atoms with E-state index in [2.05, 4.69) is 30.6 Å². The van der Waals surface area contributed by atoms with Crippen LogP contribution < -0.4 is 20.6 Å². The maximum atomic E-state index is 8.25. The molecule has 0 aliphatic rings. The molecular weight excluding hydrogens is 328 g/mol. The standard InChI is InChI=1S/C10H12N6.2NO3/c1-3-11-9(12-4-1)15-7-8-16-10-13-5-2-6-14-10;2*2-1(3)4/h1-6H,7-8H2,(H,11,12,15)(H,13,14,16);;/q;2*-1/p+2. The minimum absolute atomic E-state index is 0.759. The third-order valence-corrected chi connectivity index (χ3v) is 1.92. The highest BCUT2D eigenvalue weighted by Crippen LogP contribution is 1.89. The zero-order valence-electron chi connectivity index (χ0n) is 12.1. The molecule has 24 heavy (non-hydrogen) atoms. The van der Waals surface area contributed by atoms with Crippen LogP contribution in [0, 0.1) is 30.6 Å². The second-order valence-corrected chi connectivity index (χ2v) is 3.56. The lowest BCUT2D eigenvalue weighted by Gasteiger charge is -1.96. The maximum Gasteiger partial charge on any atom is 0.389 e. The molecule has 0 bridgehead atoms. The van der Waals surface area contributed by atoms with Gasteiger partial charge in [-0.3, -0.25) is 10.6 Å². The summed E-state index contributed by atoms with van der Waals surface area (Å²) in [5.41, 5.74) is 0. The van der Waals surface area contributed by atoms with Gasteiger partial charge in [0.1, 0.15) is 12.4 Å². The van der Waals surface area contributed by atoms with Crippen LogP contribution in [0.3, 0.4) is 0 Å². The first-order chi connectivity index (χ1) is 11.4. The van der Waals surface area contributed by atoms with Crippen molar-refractivity contribution in [3.8, 4) is 0 Å². The number of aromatic nitrogens is 4. The Hall–Kier alpha value is -3.84. The average molecular weight is 342 g/mol. The fourth-order valence-electron chi connectivity index (χ4n) is 1.20. The predicted octanol–water partition coefficient (Wildman–Crippen LogP) is -0.849. The summed E-state index contributed by atoms with van der Waals surface area (Å²) >= 11 is 0. The molecule has 0 fully saturated rings. The van der Waals surface area contributed by atoms with E-state index in [9.17, 15) is 0 Å². The Morgan fingerprint density at radius 3 is 1.42 bits per heavy atom. The van der Waals surface area contributed by atoms with E-state index in [1.807, 2.05) is 24.5 Å². The van der Waals surface area contributed by atoms with Crippen molar-refractivity contribution in [1.29, 1.82) is 0 Å². The van der Waals surface area contributed by atoms with Gasteiger partial charge >= 0.3 is 11.9 Å². The van der Waals surface area contributed by atoms with Crippen LogP contribution in [0.25, 0.3) is 0 Å². The van der Waals surface area contributed by atoms with Crippen LogP contribution in [-0.4, -0.2) is 33.2 Å². The second kappa shape index (κ2) is 12.9. The van der Waals surface area contributed by atoms with Gasteiger partial charge in [0, 0.05) is 12.1 Å². The van der Waals surface area contributed by atoms with Crippen molar-refractivity contribution in [3.63, 3.8) is 0 Å². The van der Waals surface area contributed by atoms with Gasteiger partial charge in [-0.15, -0.1) is 0 Å².